The molecule has 0 aromatic rings. The summed E-state index contributed by atoms with van der Waals surface area (Å²) in [4.78, 5) is 37.8. The van der Waals surface area contributed by atoms with Crippen molar-refractivity contribution in [2.75, 3.05) is 13.2 Å². The maximum Gasteiger partial charge on any atom is 0.306 e. The Morgan fingerprint density at radius 1 is 0.339 bits per heavy atom. The highest BCUT2D eigenvalue weighted by Gasteiger charge is 2.19. The van der Waals surface area contributed by atoms with Crippen LogP contribution in [0.15, 0.2) is 72.9 Å². The molecule has 0 fully saturated rings. The van der Waals surface area contributed by atoms with Crippen LogP contribution in [0, 0.1) is 0 Å². The number of hydrogen-bond donors (Lipinski definition) is 0. The minimum absolute atomic E-state index is 0.0961. The molecule has 0 aliphatic heterocycles. The van der Waals surface area contributed by atoms with E-state index in [1.807, 2.05) is 0 Å². The van der Waals surface area contributed by atoms with E-state index in [0.29, 0.717) is 12.8 Å². The van der Waals surface area contributed by atoms with Gasteiger partial charge < -0.3 is 14.2 Å². The second-order valence-electron chi connectivity index (χ2n) is 16.0. The summed E-state index contributed by atoms with van der Waals surface area (Å²) in [5, 5.41) is 0. The van der Waals surface area contributed by atoms with Gasteiger partial charge in [-0.25, -0.2) is 0 Å². The van der Waals surface area contributed by atoms with Crippen molar-refractivity contribution in [2.45, 2.75) is 232 Å². The van der Waals surface area contributed by atoms with Crippen LogP contribution in [0.1, 0.15) is 226 Å². The zero-order valence-corrected chi connectivity index (χ0v) is 38.5. The minimum Gasteiger partial charge on any atom is -0.462 e. The van der Waals surface area contributed by atoms with Gasteiger partial charge in [0.2, 0.25) is 0 Å². The summed E-state index contributed by atoms with van der Waals surface area (Å²) in [7, 11) is 0. The van der Waals surface area contributed by atoms with E-state index in [9.17, 15) is 14.4 Å². The van der Waals surface area contributed by atoms with Gasteiger partial charge in [-0.3, -0.25) is 14.4 Å². The van der Waals surface area contributed by atoms with Crippen LogP contribution in [0.5, 0.6) is 0 Å². The summed E-state index contributed by atoms with van der Waals surface area (Å²) < 4.78 is 16.7. The molecule has 0 spiro atoms. The minimum atomic E-state index is -0.796. The highest BCUT2D eigenvalue weighted by atomic mass is 16.6. The fourth-order valence-electron chi connectivity index (χ4n) is 6.39. The largest absolute Gasteiger partial charge is 0.462 e. The van der Waals surface area contributed by atoms with E-state index >= 15 is 0 Å². The second-order valence-corrected chi connectivity index (χ2v) is 16.0. The lowest BCUT2D eigenvalue weighted by Crippen LogP contribution is -2.30. The predicted octanol–water partition coefficient (Wildman–Crippen LogP) is 15.9. The Kier molecular flexibility index (Phi) is 45.0. The van der Waals surface area contributed by atoms with Crippen molar-refractivity contribution >= 4 is 17.9 Å². The van der Waals surface area contributed by atoms with Gasteiger partial charge in [0.1, 0.15) is 13.2 Å². The first kappa shape index (κ1) is 55.9. The molecule has 6 nitrogen and oxygen atoms in total. The van der Waals surface area contributed by atoms with Gasteiger partial charge in [-0.2, -0.15) is 0 Å². The maximum absolute atomic E-state index is 12.8. The number of carbonyl (C=O) groups excluding carboxylic acids is 3. The molecule has 6 heteroatoms. The lowest BCUT2D eigenvalue weighted by molar-refractivity contribution is -0.167. The van der Waals surface area contributed by atoms with E-state index in [4.69, 9.17) is 14.2 Å². The van der Waals surface area contributed by atoms with Gasteiger partial charge in [-0.15, -0.1) is 0 Å². The van der Waals surface area contributed by atoms with E-state index in [2.05, 4.69) is 93.7 Å². The highest BCUT2D eigenvalue weighted by Crippen LogP contribution is 2.13. The summed E-state index contributed by atoms with van der Waals surface area (Å²) in [6, 6.07) is 0. The monoisotopic (exact) mass is 823 g/mol. The first-order valence-corrected chi connectivity index (χ1v) is 24.4. The number of carbonyl (C=O) groups is 3. The van der Waals surface area contributed by atoms with Gasteiger partial charge in [-0.1, -0.05) is 177 Å². The maximum atomic E-state index is 12.8. The summed E-state index contributed by atoms with van der Waals surface area (Å²) in [6.45, 7) is 6.48. The normalized spacial score (nSPS) is 12.2. The standard InChI is InChI=1S/C53H90O6/c1-4-7-10-13-16-19-22-23-24-25-26-27-28-29-32-35-38-41-44-47-53(56)59-50(48-57-51(54)45-42-39-36-33-30-20-17-14-11-8-5-2)49-58-52(55)46-43-40-37-34-31-21-18-15-12-9-6-3/h14-19,23-24,26-27,29,32,50H,4-13,20-22,25,28,30-31,33-49H2,1-3H3/b17-14-,18-15-,19-16-,24-23-,27-26-,32-29-. The van der Waals surface area contributed by atoms with E-state index in [1.54, 1.807) is 0 Å². The number of esters is 3. The first-order chi connectivity index (χ1) is 29.0. The van der Waals surface area contributed by atoms with Crippen molar-refractivity contribution < 1.29 is 28.6 Å². The molecule has 0 saturated heterocycles. The van der Waals surface area contributed by atoms with Crippen LogP contribution in [0.2, 0.25) is 0 Å². The zero-order chi connectivity index (χ0) is 43.0. The van der Waals surface area contributed by atoms with Crippen LogP contribution in [0.3, 0.4) is 0 Å². The summed E-state index contributed by atoms with van der Waals surface area (Å²) >= 11 is 0. The van der Waals surface area contributed by atoms with Gasteiger partial charge in [0.05, 0.1) is 0 Å². The van der Waals surface area contributed by atoms with Crippen LogP contribution >= 0.6 is 0 Å². The molecule has 0 amide bonds. The lowest BCUT2D eigenvalue weighted by Gasteiger charge is -2.18. The average Bonchev–Trinajstić information content (AvgIpc) is 3.23. The molecule has 0 bridgehead atoms. The third kappa shape index (κ3) is 45.8. The van der Waals surface area contributed by atoms with Crippen LogP contribution in [0.4, 0.5) is 0 Å². The predicted molar refractivity (Wildman–Crippen MR) is 251 cm³/mol. The molecule has 0 N–H and O–H groups in total. The Morgan fingerprint density at radius 2 is 0.627 bits per heavy atom. The Bertz CT molecular complexity index is 1080. The summed E-state index contributed by atoms with van der Waals surface area (Å²) in [5.41, 5.74) is 0. The van der Waals surface area contributed by atoms with E-state index in [-0.39, 0.29) is 37.5 Å². The van der Waals surface area contributed by atoms with Crippen LogP contribution < -0.4 is 0 Å². The van der Waals surface area contributed by atoms with Crippen molar-refractivity contribution in [3.8, 4) is 0 Å². The number of unbranched alkanes of at least 4 members (excludes halogenated alkanes) is 20. The molecule has 0 aliphatic rings. The molecular weight excluding hydrogens is 733 g/mol. The summed E-state index contributed by atoms with van der Waals surface area (Å²) in [6.07, 6.45) is 58.8. The molecule has 59 heavy (non-hydrogen) atoms. The second kappa shape index (κ2) is 47.5. The van der Waals surface area contributed by atoms with Gasteiger partial charge in [0, 0.05) is 19.3 Å². The van der Waals surface area contributed by atoms with Crippen molar-refractivity contribution in [2.24, 2.45) is 0 Å². The van der Waals surface area contributed by atoms with E-state index in [0.717, 1.165) is 109 Å². The quantitative estimate of drug-likeness (QED) is 0.0264. The van der Waals surface area contributed by atoms with Crippen molar-refractivity contribution in [1.82, 2.24) is 0 Å². The van der Waals surface area contributed by atoms with Gasteiger partial charge >= 0.3 is 17.9 Å². The molecule has 0 saturated carbocycles. The molecule has 0 unspecified atom stereocenters. The third-order valence-electron chi connectivity index (χ3n) is 10.2. The summed E-state index contributed by atoms with van der Waals surface area (Å²) in [5.74, 6) is -0.950. The van der Waals surface area contributed by atoms with Gasteiger partial charge in [-0.05, 0) is 103 Å². The van der Waals surface area contributed by atoms with Gasteiger partial charge in [0.15, 0.2) is 6.10 Å². The Hall–Kier alpha value is -3.15. The SMILES string of the molecule is CCCC/C=C\CCCCCCCC(=O)OCC(COC(=O)CCCCCCC/C=C\CCCC)OC(=O)CCCCC/C=C\C/C=C\C/C=C\C/C=C\CCCCC. The third-order valence-corrected chi connectivity index (χ3v) is 10.2. The van der Waals surface area contributed by atoms with Crippen molar-refractivity contribution in [3.63, 3.8) is 0 Å². The molecule has 338 valence electrons. The molecule has 0 aromatic heterocycles. The average molecular weight is 823 g/mol. The number of allylic oxidation sites excluding steroid dienone is 12. The lowest BCUT2D eigenvalue weighted by atomic mass is 10.1. The van der Waals surface area contributed by atoms with Crippen molar-refractivity contribution in [3.05, 3.63) is 72.9 Å². The fraction of sp³-hybridized carbons (Fsp3) is 0.717. The van der Waals surface area contributed by atoms with E-state index < -0.39 is 6.10 Å². The smallest absolute Gasteiger partial charge is 0.306 e. The molecule has 0 aliphatic carbocycles. The molecule has 0 rings (SSSR count). The molecular formula is C53H90O6. The van der Waals surface area contributed by atoms with Gasteiger partial charge in [0.25, 0.3) is 0 Å². The first-order valence-electron chi connectivity index (χ1n) is 24.4. The molecule has 0 radical (unpaired) electrons. The molecule has 0 heterocycles. The highest BCUT2D eigenvalue weighted by molar-refractivity contribution is 5.71. The molecule has 0 aromatic carbocycles. The Balaban J connectivity index is 4.45. The number of ether oxygens (including phenoxy) is 3. The molecule has 0 atom stereocenters. The Morgan fingerprint density at radius 3 is 1.03 bits per heavy atom. The zero-order valence-electron chi connectivity index (χ0n) is 38.5. The van der Waals surface area contributed by atoms with Crippen molar-refractivity contribution in [1.29, 1.82) is 0 Å². The number of hydrogen-bond acceptors (Lipinski definition) is 6. The fourth-order valence-corrected chi connectivity index (χ4v) is 6.39. The topological polar surface area (TPSA) is 78.9 Å². The van der Waals surface area contributed by atoms with Crippen LogP contribution in [-0.2, 0) is 28.6 Å². The number of rotatable bonds is 43. The van der Waals surface area contributed by atoms with Crippen LogP contribution in [-0.4, -0.2) is 37.2 Å². The van der Waals surface area contributed by atoms with E-state index in [1.165, 1.54) is 77.0 Å². The van der Waals surface area contributed by atoms with Crippen LogP contribution in [0.25, 0.3) is 0 Å². The Labute approximate surface area is 363 Å².